The summed E-state index contributed by atoms with van der Waals surface area (Å²) in [5, 5.41) is 13.8. The minimum Gasteiger partial charge on any atom is -0.459 e. The van der Waals surface area contributed by atoms with Crippen molar-refractivity contribution in [3.05, 3.63) is 86.3 Å². The van der Waals surface area contributed by atoms with Crippen molar-refractivity contribution in [3.63, 3.8) is 0 Å². The summed E-state index contributed by atoms with van der Waals surface area (Å²) in [4.78, 5) is 42.3. The maximum atomic E-state index is 12.6. The maximum absolute atomic E-state index is 12.6. The number of hydrogen-bond donors (Lipinski definition) is 0. The Morgan fingerprint density at radius 1 is 1.09 bits per heavy atom. The zero-order chi connectivity index (χ0) is 23.1. The number of alkyl halides is 1. The summed E-state index contributed by atoms with van der Waals surface area (Å²) in [7, 11) is 0. The average molecular weight is 463 g/mol. The molecule has 0 aliphatic carbocycles. The Morgan fingerprint density at radius 2 is 1.75 bits per heavy atom. The van der Waals surface area contributed by atoms with Gasteiger partial charge in [0.25, 0.3) is 5.69 Å². The molecule has 2 aromatic rings. The number of esters is 2. The number of nitro groups is 1. The van der Waals surface area contributed by atoms with Gasteiger partial charge in [-0.1, -0.05) is 29.8 Å². The van der Waals surface area contributed by atoms with E-state index < -0.39 is 40.7 Å². The van der Waals surface area contributed by atoms with Gasteiger partial charge >= 0.3 is 11.9 Å². The second kappa shape index (κ2) is 10.4. The Morgan fingerprint density at radius 3 is 2.38 bits per heavy atom. The van der Waals surface area contributed by atoms with Crippen molar-refractivity contribution in [2.24, 2.45) is 5.28 Å². The number of nitro benzene ring substituents is 1. The highest BCUT2D eigenvalue weighted by Gasteiger charge is 2.49. The van der Waals surface area contributed by atoms with Crippen molar-refractivity contribution in [3.8, 4) is 0 Å². The zero-order valence-electron chi connectivity index (χ0n) is 16.1. The van der Waals surface area contributed by atoms with Gasteiger partial charge in [0.05, 0.1) is 16.1 Å². The Labute approximate surface area is 185 Å². The first-order chi connectivity index (χ1) is 15.4. The lowest BCUT2D eigenvalue weighted by atomic mass is 10.1. The normalized spacial score (nSPS) is 21.8. The van der Waals surface area contributed by atoms with Gasteiger partial charge in [0.15, 0.2) is 17.8 Å². The Kier molecular flexibility index (Phi) is 7.45. The number of azide groups is 1. The van der Waals surface area contributed by atoms with Gasteiger partial charge in [0, 0.05) is 17.0 Å². The van der Waals surface area contributed by atoms with Crippen LogP contribution < -0.4 is 0 Å². The fourth-order valence-corrected chi connectivity index (χ4v) is 3.19. The smallest absolute Gasteiger partial charge is 0.338 e. The largest absolute Gasteiger partial charge is 0.459 e. The topological polar surface area (TPSA) is 163 Å². The minimum absolute atomic E-state index is 0.0104. The predicted octanol–water partition coefficient (Wildman–Crippen LogP) is 3.55. The van der Waals surface area contributed by atoms with Crippen LogP contribution in [0.4, 0.5) is 5.69 Å². The molecule has 0 radical (unpaired) electrons. The van der Waals surface area contributed by atoms with Crippen LogP contribution in [0.15, 0.2) is 59.9 Å². The maximum Gasteiger partial charge on any atom is 0.338 e. The molecule has 0 spiro atoms. The highest BCUT2D eigenvalue weighted by atomic mass is 35.5. The summed E-state index contributed by atoms with van der Waals surface area (Å²) >= 11 is 6.08. The lowest BCUT2D eigenvalue weighted by Crippen LogP contribution is -2.39. The van der Waals surface area contributed by atoms with Crippen LogP contribution in [0.3, 0.4) is 0 Å². The molecule has 4 atom stereocenters. The Bertz CT molecular complexity index is 1030. The number of hydrogen-bond acceptors (Lipinski definition) is 9. The van der Waals surface area contributed by atoms with E-state index in [-0.39, 0.29) is 17.9 Å². The SMILES string of the molecule is [N-]=[N+]=NO[C@H]1[C@H](OC(=O)c2ccc([N+](=O)[O-])cc2)[C@@H](COC(=O)c2ccccc2)O[C@@H]1Cl. The highest BCUT2D eigenvalue weighted by molar-refractivity contribution is 6.20. The van der Waals surface area contributed by atoms with Gasteiger partial charge in [-0.2, -0.15) is 0 Å². The monoisotopic (exact) mass is 462 g/mol. The van der Waals surface area contributed by atoms with Crippen molar-refractivity contribution in [2.45, 2.75) is 23.9 Å². The van der Waals surface area contributed by atoms with Gasteiger partial charge in [0.2, 0.25) is 0 Å². The van der Waals surface area contributed by atoms with E-state index in [4.69, 9.17) is 36.2 Å². The van der Waals surface area contributed by atoms with Crippen LogP contribution in [0, 0.1) is 10.1 Å². The number of halogens is 1. The quantitative estimate of drug-likeness (QED) is 0.109. The standard InChI is InChI=1S/C19H15ClN4O8/c20-17-16(32-23-22-21)15(31-19(26)12-6-8-13(9-7-12)24(27)28)14(30-17)10-29-18(25)11-4-2-1-3-5-11/h1-9,14-17H,10H2/t14-,15-,16+,17+/m1/s1. The highest BCUT2D eigenvalue weighted by Crippen LogP contribution is 2.30. The molecule has 13 heteroatoms. The number of benzene rings is 2. The van der Waals surface area contributed by atoms with E-state index in [0.29, 0.717) is 5.56 Å². The molecule has 0 bridgehead atoms. The molecule has 1 fully saturated rings. The number of non-ortho nitro benzene ring substituents is 1. The van der Waals surface area contributed by atoms with Crippen molar-refractivity contribution < 1.29 is 33.6 Å². The molecule has 0 amide bonds. The third kappa shape index (κ3) is 5.43. The molecule has 32 heavy (non-hydrogen) atoms. The molecule has 166 valence electrons. The number of carbonyl (C=O) groups excluding carboxylic acids is 2. The van der Waals surface area contributed by atoms with Crippen LogP contribution >= 0.6 is 11.6 Å². The summed E-state index contributed by atoms with van der Waals surface area (Å²) in [5.74, 6) is -1.51. The number of carbonyl (C=O) groups is 2. The first-order valence-corrected chi connectivity index (χ1v) is 9.51. The van der Waals surface area contributed by atoms with E-state index in [0.717, 1.165) is 12.1 Å². The average Bonchev–Trinajstić information content (AvgIpc) is 3.10. The van der Waals surface area contributed by atoms with Crippen molar-refractivity contribution in [1.29, 1.82) is 0 Å². The van der Waals surface area contributed by atoms with Crippen LogP contribution in [0.1, 0.15) is 20.7 Å². The van der Waals surface area contributed by atoms with Crippen LogP contribution in [-0.2, 0) is 19.0 Å². The third-order valence-corrected chi connectivity index (χ3v) is 4.76. The van der Waals surface area contributed by atoms with E-state index in [9.17, 15) is 19.7 Å². The number of nitrogens with zero attached hydrogens (tertiary/aromatic N) is 4. The van der Waals surface area contributed by atoms with Crippen molar-refractivity contribution in [1.82, 2.24) is 0 Å². The summed E-state index contributed by atoms with van der Waals surface area (Å²) in [6, 6.07) is 12.9. The van der Waals surface area contributed by atoms with Crippen molar-refractivity contribution >= 4 is 29.2 Å². The Balaban J connectivity index is 1.73. The van der Waals surface area contributed by atoms with Gasteiger partial charge in [-0.05, 0) is 29.8 Å². The molecule has 0 N–H and O–H groups in total. The molecule has 0 unspecified atom stereocenters. The van der Waals surface area contributed by atoms with Gasteiger partial charge in [-0.25, -0.2) is 9.59 Å². The lowest BCUT2D eigenvalue weighted by Gasteiger charge is -2.22. The molecule has 1 heterocycles. The van der Waals surface area contributed by atoms with E-state index in [1.54, 1.807) is 30.3 Å². The molecule has 12 nitrogen and oxygen atoms in total. The van der Waals surface area contributed by atoms with Crippen molar-refractivity contribution in [2.75, 3.05) is 6.61 Å². The second-order valence-electron chi connectivity index (χ2n) is 6.41. The molecular formula is C19H15ClN4O8. The van der Waals surface area contributed by atoms with Gasteiger partial charge in [-0.15, -0.1) is 0 Å². The van der Waals surface area contributed by atoms with Crippen LogP contribution in [0.25, 0.3) is 10.4 Å². The van der Waals surface area contributed by atoms with Crippen LogP contribution in [-0.4, -0.2) is 47.3 Å². The third-order valence-electron chi connectivity index (χ3n) is 4.40. The number of ether oxygens (including phenoxy) is 3. The van der Waals surface area contributed by atoms with Gasteiger partial charge < -0.3 is 19.0 Å². The predicted molar refractivity (Wildman–Crippen MR) is 108 cm³/mol. The summed E-state index contributed by atoms with van der Waals surface area (Å²) in [6.45, 7) is -0.342. The first kappa shape index (κ1) is 22.8. The molecular weight excluding hydrogens is 448 g/mol. The summed E-state index contributed by atoms with van der Waals surface area (Å²) < 4.78 is 16.1. The van der Waals surface area contributed by atoms with Gasteiger partial charge in [0.1, 0.15) is 18.0 Å². The fraction of sp³-hybridized carbons (Fsp3) is 0.263. The van der Waals surface area contributed by atoms with E-state index in [1.807, 2.05) is 0 Å². The molecule has 0 aromatic heterocycles. The Hall–Kier alpha value is -3.86. The molecule has 2 aromatic carbocycles. The van der Waals surface area contributed by atoms with Crippen LogP contribution in [0.5, 0.6) is 0 Å². The second-order valence-corrected chi connectivity index (χ2v) is 6.84. The van der Waals surface area contributed by atoms with E-state index >= 15 is 0 Å². The number of rotatable bonds is 8. The minimum atomic E-state index is -1.21. The first-order valence-electron chi connectivity index (χ1n) is 9.08. The van der Waals surface area contributed by atoms with E-state index in [2.05, 4.69) is 10.2 Å². The molecule has 0 saturated carbocycles. The molecule has 1 aliphatic rings. The summed E-state index contributed by atoms with van der Waals surface area (Å²) in [6.07, 6.45) is -3.45. The van der Waals surface area contributed by atoms with E-state index in [1.165, 1.54) is 12.1 Å². The fourth-order valence-electron chi connectivity index (χ4n) is 2.87. The molecule has 1 aliphatic heterocycles. The van der Waals surface area contributed by atoms with Crippen LogP contribution in [0.2, 0.25) is 0 Å². The lowest BCUT2D eigenvalue weighted by molar-refractivity contribution is -0.384. The zero-order valence-corrected chi connectivity index (χ0v) is 16.9. The van der Waals surface area contributed by atoms with Gasteiger partial charge in [-0.3, -0.25) is 10.1 Å². The molecule has 3 rings (SSSR count). The summed E-state index contributed by atoms with van der Waals surface area (Å²) in [5.41, 5.74) is 7.43. The molecule has 1 saturated heterocycles.